The van der Waals surface area contributed by atoms with E-state index in [1.54, 1.807) is 17.1 Å². The Bertz CT molecular complexity index is 566. The van der Waals surface area contributed by atoms with E-state index in [-0.39, 0.29) is 12.1 Å². The minimum Gasteiger partial charge on any atom is -0.336 e. The average molecular weight is 273 g/mol. The van der Waals surface area contributed by atoms with Gasteiger partial charge in [0.1, 0.15) is 0 Å². The van der Waals surface area contributed by atoms with Crippen molar-refractivity contribution in [1.82, 2.24) is 25.6 Å². The third kappa shape index (κ3) is 3.81. The number of urea groups is 1. The van der Waals surface area contributed by atoms with E-state index in [1.165, 1.54) is 0 Å². The highest BCUT2D eigenvalue weighted by Gasteiger charge is 2.09. The fourth-order valence-electron chi connectivity index (χ4n) is 1.92. The monoisotopic (exact) mass is 273 g/mol. The van der Waals surface area contributed by atoms with Crippen LogP contribution in [0.3, 0.4) is 0 Å². The van der Waals surface area contributed by atoms with Crippen LogP contribution >= 0.6 is 0 Å². The van der Waals surface area contributed by atoms with Crippen LogP contribution in [0.5, 0.6) is 0 Å². The topological polar surface area (TPSA) is 71.8 Å². The predicted octanol–water partition coefficient (Wildman–Crippen LogP) is 2.06. The van der Waals surface area contributed by atoms with Crippen molar-refractivity contribution in [3.8, 4) is 0 Å². The Kier molecular flexibility index (Phi) is 4.34. The highest BCUT2D eigenvalue weighted by molar-refractivity contribution is 5.77. The molecule has 0 aromatic carbocycles. The summed E-state index contributed by atoms with van der Waals surface area (Å²) in [7, 11) is 0. The summed E-state index contributed by atoms with van der Waals surface area (Å²) in [4.78, 5) is 11.7. The molecule has 2 N–H and O–H groups in total. The second kappa shape index (κ2) is 6.18. The first-order chi connectivity index (χ1) is 9.54. The van der Waals surface area contributed by atoms with Crippen LogP contribution in [0.4, 0.5) is 4.79 Å². The van der Waals surface area contributed by atoms with Gasteiger partial charge < -0.3 is 10.6 Å². The number of hydrogen-bond acceptors (Lipinski definition) is 3. The number of nitrogens with one attached hydrogen (secondary N) is 2. The molecule has 0 saturated heterocycles. The standard InChI is InChI=1S/C14H19N5O/c1-10(2)16-14(20)17-12-4-5-13(9-11(3)8-12)19-7-6-15-18-19/h4-8,10H,9H2,1-3H3,(H2,16,17,20). The third-order valence-corrected chi connectivity index (χ3v) is 2.71. The van der Waals surface area contributed by atoms with Crippen LogP contribution in [0.25, 0.3) is 5.70 Å². The van der Waals surface area contributed by atoms with Gasteiger partial charge in [0.05, 0.1) is 12.4 Å². The molecule has 0 spiro atoms. The number of hydrogen-bond donors (Lipinski definition) is 2. The van der Waals surface area contributed by atoms with Gasteiger partial charge in [-0.05, 0) is 39.0 Å². The van der Waals surface area contributed by atoms with Gasteiger partial charge in [-0.1, -0.05) is 10.8 Å². The maximum Gasteiger partial charge on any atom is 0.319 e. The molecule has 0 fully saturated rings. The molecule has 0 atom stereocenters. The Morgan fingerprint density at radius 2 is 2.20 bits per heavy atom. The first-order valence-corrected chi connectivity index (χ1v) is 6.57. The lowest BCUT2D eigenvalue weighted by Gasteiger charge is -2.10. The summed E-state index contributed by atoms with van der Waals surface area (Å²) in [6, 6.07) is -0.0967. The van der Waals surface area contributed by atoms with Crippen molar-refractivity contribution in [2.75, 3.05) is 0 Å². The fourth-order valence-corrected chi connectivity index (χ4v) is 1.92. The summed E-state index contributed by atoms with van der Waals surface area (Å²) < 4.78 is 1.73. The minimum absolute atomic E-state index is 0.104. The first-order valence-electron chi connectivity index (χ1n) is 6.57. The quantitative estimate of drug-likeness (QED) is 0.885. The molecular weight excluding hydrogens is 254 g/mol. The molecule has 2 rings (SSSR count). The van der Waals surface area contributed by atoms with E-state index >= 15 is 0 Å². The Morgan fingerprint density at radius 1 is 1.40 bits per heavy atom. The van der Waals surface area contributed by atoms with Gasteiger partial charge >= 0.3 is 6.03 Å². The predicted molar refractivity (Wildman–Crippen MR) is 77.6 cm³/mol. The third-order valence-electron chi connectivity index (χ3n) is 2.71. The van der Waals surface area contributed by atoms with Crippen molar-refractivity contribution < 1.29 is 4.79 Å². The van der Waals surface area contributed by atoms with E-state index in [0.717, 1.165) is 23.4 Å². The van der Waals surface area contributed by atoms with Crippen LogP contribution in [-0.2, 0) is 0 Å². The lowest BCUT2D eigenvalue weighted by atomic mass is 10.1. The van der Waals surface area contributed by atoms with Gasteiger partial charge in [0.2, 0.25) is 0 Å². The summed E-state index contributed by atoms with van der Waals surface area (Å²) in [5.41, 5.74) is 2.91. The van der Waals surface area contributed by atoms with E-state index in [1.807, 2.05) is 39.0 Å². The number of amides is 2. The summed E-state index contributed by atoms with van der Waals surface area (Å²) in [6.45, 7) is 5.86. The maximum atomic E-state index is 11.7. The Balaban J connectivity index is 2.13. The molecule has 0 aliphatic heterocycles. The smallest absolute Gasteiger partial charge is 0.319 e. The molecule has 6 nitrogen and oxygen atoms in total. The Hall–Kier alpha value is -2.37. The first kappa shape index (κ1) is 14.0. The van der Waals surface area contributed by atoms with Crippen LogP contribution < -0.4 is 10.6 Å². The van der Waals surface area contributed by atoms with Crippen molar-refractivity contribution in [2.45, 2.75) is 33.2 Å². The van der Waals surface area contributed by atoms with Gasteiger partial charge in [0.25, 0.3) is 0 Å². The molecule has 6 heteroatoms. The molecular formula is C14H19N5O. The second-order valence-electron chi connectivity index (χ2n) is 5.05. The van der Waals surface area contributed by atoms with Crippen LogP contribution in [0.15, 0.2) is 41.9 Å². The number of carbonyl (C=O) groups is 1. The highest BCUT2D eigenvalue weighted by Crippen LogP contribution is 2.19. The van der Waals surface area contributed by atoms with Crippen molar-refractivity contribution >= 4 is 11.7 Å². The summed E-state index contributed by atoms with van der Waals surface area (Å²) in [5, 5.41) is 13.4. The summed E-state index contributed by atoms with van der Waals surface area (Å²) >= 11 is 0. The van der Waals surface area contributed by atoms with Gasteiger partial charge in [0.15, 0.2) is 0 Å². The lowest BCUT2D eigenvalue weighted by Crippen LogP contribution is -2.38. The van der Waals surface area contributed by atoms with Gasteiger partial charge in [-0.3, -0.25) is 0 Å². The van der Waals surface area contributed by atoms with E-state index < -0.39 is 0 Å². The summed E-state index contributed by atoms with van der Waals surface area (Å²) in [5.74, 6) is 0. The molecule has 106 valence electrons. The zero-order valence-electron chi connectivity index (χ0n) is 11.9. The van der Waals surface area contributed by atoms with Crippen molar-refractivity contribution in [3.63, 3.8) is 0 Å². The van der Waals surface area contributed by atoms with Crippen LogP contribution in [-0.4, -0.2) is 27.1 Å². The Labute approximate surface area is 118 Å². The molecule has 0 saturated carbocycles. The summed E-state index contributed by atoms with van der Waals surface area (Å²) in [6.07, 6.45) is 9.97. The molecule has 1 aliphatic rings. The van der Waals surface area contributed by atoms with E-state index in [2.05, 4.69) is 20.9 Å². The molecule has 2 amide bonds. The SMILES string of the molecule is CC1=CC(NC(=O)NC(C)C)=CC=C(n2ccnn2)C1. The number of carbonyl (C=O) groups excluding carboxylic acids is 1. The van der Waals surface area contributed by atoms with E-state index in [9.17, 15) is 4.79 Å². The normalized spacial score (nSPS) is 15.1. The van der Waals surface area contributed by atoms with E-state index in [0.29, 0.717) is 0 Å². The van der Waals surface area contributed by atoms with E-state index in [4.69, 9.17) is 0 Å². The molecule has 0 radical (unpaired) electrons. The average Bonchev–Trinajstić information content (AvgIpc) is 2.80. The Morgan fingerprint density at radius 3 is 2.85 bits per heavy atom. The zero-order chi connectivity index (χ0) is 14.5. The molecule has 1 aromatic heterocycles. The molecule has 1 aromatic rings. The number of allylic oxidation sites excluding steroid dienone is 5. The second-order valence-corrected chi connectivity index (χ2v) is 5.05. The van der Waals surface area contributed by atoms with Crippen LogP contribution in [0.1, 0.15) is 27.2 Å². The molecule has 0 unspecified atom stereocenters. The van der Waals surface area contributed by atoms with Gasteiger partial charge in [-0.15, -0.1) is 5.10 Å². The van der Waals surface area contributed by atoms with Gasteiger partial charge in [-0.2, -0.15) is 0 Å². The van der Waals surface area contributed by atoms with Crippen molar-refractivity contribution in [3.05, 3.63) is 41.9 Å². The molecule has 1 aliphatic carbocycles. The lowest BCUT2D eigenvalue weighted by molar-refractivity contribution is 0.241. The largest absolute Gasteiger partial charge is 0.336 e. The highest BCUT2D eigenvalue weighted by atomic mass is 16.2. The minimum atomic E-state index is -0.201. The zero-order valence-corrected chi connectivity index (χ0v) is 11.9. The molecule has 0 bridgehead atoms. The van der Waals surface area contributed by atoms with Gasteiger partial charge in [0, 0.05) is 23.9 Å². The van der Waals surface area contributed by atoms with Crippen molar-refractivity contribution in [1.29, 1.82) is 0 Å². The van der Waals surface area contributed by atoms with Crippen LogP contribution in [0.2, 0.25) is 0 Å². The van der Waals surface area contributed by atoms with Gasteiger partial charge in [-0.25, -0.2) is 9.48 Å². The van der Waals surface area contributed by atoms with Crippen molar-refractivity contribution in [2.24, 2.45) is 0 Å². The number of aromatic nitrogens is 3. The number of nitrogens with zero attached hydrogens (tertiary/aromatic N) is 3. The maximum absolute atomic E-state index is 11.7. The molecule has 1 heterocycles. The number of rotatable bonds is 3. The fraction of sp³-hybridized carbons (Fsp3) is 0.357. The molecule has 20 heavy (non-hydrogen) atoms. The van der Waals surface area contributed by atoms with Crippen LogP contribution in [0, 0.1) is 0 Å².